The highest BCUT2D eigenvalue weighted by atomic mass is 16.6. The second-order valence-electron chi connectivity index (χ2n) is 14.0. The van der Waals surface area contributed by atoms with Gasteiger partial charge in [-0.2, -0.15) is 10.2 Å². The fourth-order valence-electron chi connectivity index (χ4n) is 6.36. The molecule has 8 rings (SSSR count). The van der Waals surface area contributed by atoms with Crippen LogP contribution in [0.4, 0.5) is 10.5 Å². The first-order valence-electron chi connectivity index (χ1n) is 17.9. The molecule has 8 aromatic rings. The Hall–Kier alpha value is -7.42. The topological polar surface area (TPSA) is 187 Å². The fraction of sp³-hybridized carbons (Fsp3) is 0.190. The van der Waals surface area contributed by atoms with Crippen molar-refractivity contribution in [1.82, 2.24) is 39.5 Å². The number of carboxylic acid groups (broad SMARTS) is 1. The third-order valence-electron chi connectivity index (χ3n) is 8.81. The van der Waals surface area contributed by atoms with Crippen LogP contribution in [0, 0.1) is 0 Å². The minimum atomic E-state index is -0.979. The van der Waals surface area contributed by atoms with Crippen LogP contribution in [-0.2, 0) is 18.8 Å². The third-order valence-corrected chi connectivity index (χ3v) is 8.81. The molecule has 4 aromatic carbocycles. The molecule has 4 heterocycles. The average molecular weight is 768 g/mol. The maximum Gasteiger partial charge on any atom is 0.412 e. The average Bonchev–Trinajstić information content (AvgIpc) is 3.96. The van der Waals surface area contributed by atoms with E-state index in [1.165, 1.54) is 6.07 Å². The second kappa shape index (κ2) is 15.4. The number of nitrogens with zero attached hydrogens (tertiary/aromatic N) is 6. The Morgan fingerprint density at radius 3 is 1.61 bits per heavy atom. The number of carbonyl (C=O) groups is 2. The normalized spacial score (nSPS) is 11.3. The summed E-state index contributed by atoms with van der Waals surface area (Å²) in [4.78, 5) is 39.0. The quantitative estimate of drug-likeness (QED) is 0.117. The van der Waals surface area contributed by atoms with Gasteiger partial charge in [0, 0.05) is 30.9 Å². The smallest absolute Gasteiger partial charge is 0.412 e. The zero-order chi connectivity index (χ0) is 40.4. The molecule has 15 heteroatoms. The molecule has 57 heavy (non-hydrogen) atoms. The van der Waals surface area contributed by atoms with Crippen LogP contribution in [-0.4, -0.2) is 76.5 Å². The zero-order valence-corrected chi connectivity index (χ0v) is 32.4. The lowest BCUT2D eigenvalue weighted by Crippen LogP contribution is -2.27. The SMILES string of the molecule is COc1c(-c2ccccc2)nn(C)c1-c1nc2ccc(C(=O)O)cc2[nH]1.COc1c(-c2ccccc2)nn(C)c1-c1nc2ccc(NC(=O)OC(C)(C)C)cc2[nH]1. The standard InChI is InChI=1S/C23H25N5O3.C19H16N4O3/c1-23(2,3)31-22(29)24-15-11-12-16-17(13-15)26-21(25-16)19-20(30-5)18(27-28(19)4)14-9-7-6-8-10-14;1-23-16(17(26-2)15(22-23)11-6-4-3-5-7-11)18-20-13-9-8-12(19(24)25)10-14(13)21-18/h6-13H,1-5H3,(H,24,29)(H,25,26);3-10H,1-2H3,(H,20,21)(H,24,25). The number of anilines is 1. The van der Waals surface area contributed by atoms with E-state index >= 15 is 0 Å². The summed E-state index contributed by atoms with van der Waals surface area (Å²) in [7, 11) is 6.89. The number of aromatic carboxylic acids is 1. The first-order valence-corrected chi connectivity index (χ1v) is 17.9. The van der Waals surface area contributed by atoms with Gasteiger partial charge < -0.3 is 29.3 Å². The maximum absolute atomic E-state index is 12.1. The number of hydrogen-bond donors (Lipinski definition) is 4. The molecule has 290 valence electrons. The van der Waals surface area contributed by atoms with Gasteiger partial charge in [0.25, 0.3) is 0 Å². The van der Waals surface area contributed by atoms with E-state index in [-0.39, 0.29) is 5.56 Å². The van der Waals surface area contributed by atoms with Gasteiger partial charge in [0.2, 0.25) is 0 Å². The number of imidazole rings is 2. The van der Waals surface area contributed by atoms with Crippen LogP contribution in [0.2, 0.25) is 0 Å². The first-order chi connectivity index (χ1) is 27.3. The molecule has 0 aliphatic carbocycles. The van der Waals surface area contributed by atoms with Crippen LogP contribution >= 0.6 is 0 Å². The Balaban J connectivity index is 0.000000177. The highest BCUT2D eigenvalue weighted by Gasteiger charge is 2.24. The van der Waals surface area contributed by atoms with Crippen molar-refractivity contribution < 1.29 is 28.9 Å². The van der Waals surface area contributed by atoms with Crippen LogP contribution in [0.1, 0.15) is 31.1 Å². The van der Waals surface area contributed by atoms with Gasteiger partial charge in [-0.05, 0) is 57.2 Å². The molecule has 1 amide bonds. The molecule has 0 saturated heterocycles. The lowest BCUT2D eigenvalue weighted by molar-refractivity contribution is 0.0634. The molecule has 0 radical (unpaired) electrons. The number of fused-ring (bicyclic) bond motifs is 2. The number of carbonyl (C=O) groups excluding carboxylic acids is 1. The van der Waals surface area contributed by atoms with Gasteiger partial charge in [0.1, 0.15) is 28.4 Å². The first kappa shape index (κ1) is 37.9. The molecule has 0 spiro atoms. The zero-order valence-electron chi connectivity index (χ0n) is 32.4. The predicted octanol–water partition coefficient (Wildman–Crippen LogP) is 8.32. The van der Waals surface area contributed by atoms with Crippen molar-refractivity contribution in [2.75, 3.05) is 19.5 Å². The number of aromatic amines is 2. The van der Waals surface area contributed by atoms with Crippen molar-refractivity contribution in [2.45, 2.75) is 26.4 Å². The summed E-state index contributed by atoms with van der Waals surface area (Å²) >= 11 is 0. The van der Waals surface area contributed by atoms with Crippen molar-refractivity contribution in [3.05, 3.63) is 103 Å². The van der Waals surface area contributed by atoms with Crippen LogP contribution < -0.4 is 14.8 Å². The monoisotopic (exact) mass is 767 g/mol. The summed E-state index contributed by atoms with van der Waals surface area (Å²) in [5, 5.41) is 21.1. The summed E-state index contributed by atoms with van der Waals surface area (Å²) in [5.41, 5.74) is 7.89. The predicted molar refractivity (Wildman–Crippen MR) is 217 cm³/mol. The minimum absolute atomic E-state index is 0.203. The number of aryl methyl sites for hydroxylation is 2. The maximum atomic E-state index is 12.1. The van der Waals surface area contributed by atoms with Crippen molar-refractivity contribution in [3.8, 4) is 57.1 Å². The van der Waals surface area contributed by atoms with Gasteiger partial charge in [-0.3, -0.25) is 14.7 Å². The lowest BCUT2D eigenvalue weighted by atomic mass is 10.1. The van der Waals surface area contributed by atoms with E-state index in [0.717, 1.165) is 39.2 Å². The number of H-pyrrole nitrogens is 2. The van der Waals surface area contributed by atoms with Crippen molar-refractivity contribution >= 4 is 39.8 Å². The molecular weight excluding hydrogens is 727 g/mol. The van der Waals surface area contributed by atoms with Crippen LogP contribution in [0.25, 0.3) is 67.6 Å². The van der Waals surface area contributed by atoms with E-state index < -0.39 is 17.7 Å². The van der Waals surface area contributed by atoms with E-state index in [0.29, 0.717) is 45.6 Å². The van der Waals surface area contributed by atoms with Crippen molar-refractivity contribution in [2.24, 2.45) is 14.1 Å². The number of methoxy groups -OCH3 is 2. The van der Waals surface area contributed by atoms with Gasteiger partial charge in [-0.1, -0.05) is 60.7 Å². The Morgan fingerprint density at radius 1 is 0.684 bits per heavy atom. The molecule has 0 aliphatic heterocycles. The van der Waals surface area contributed by atoms with Crippen LogP contribution in [0.3, 0.4) is 0 Å². The van der Waals surface area contributed by atoms with Gasteiger partial charge in [-0.15, -0.1) is 0 Å². The summed E-state index contributed by atoms with van der Waals surface area (Å²) in [6.07, 6.45) is -0.507. The molecule has 0 bridgehead atoms. The largest absolute Gasteiger partial charge is 0.492 e. The molecule has 0 atom stereocenters. The molecule has 0 saturated carbocycles. The van der Waals surface area contributed by atoms with Gasteiger partial charge in [-0.25, -0.2) is 19.6 Å². The molecule has 4 N–H and O–H groups in total. The Morgan fingerprint density at radius 2 is 1.16 bits per heavy atom. The van der Waals surface area contributed by atoms with Crippen molar-refractivity contribution in [3.63, 3.8) is 0 Å². The highest BCUT2D eigenvalue weighted by Crippen LogP contribution is 2.39. The number of rotatable bonds is 8. The summed E-state index contributed by atoms with van der Waals surface area (Å²) in [5.74, 6) is 1.46. The van der Waals surface area contributed by atoms with Gasteiger partial charge in [0.05, 0.1) is 41.8 Å². The van der Waals surface area contributed by atoms with Crippen LogP contribution in [0.5, 0.6) is 11.5 Å². The highest BCUT2D eigenvalue weighted by molar-refractivity contribution is 5.93. The summed E-state index contributed by atoms with van der Waals surface area (Å²) in [6, 6.07) is 29.8. The minimum Gasteiger partial charge on any atom is -0.492 e. The van der Waals surface area contributed by atoms with E-state index in [9.17, 15) is 9.59 Å². The molecular formula is C42H41N9O6. The number of ether oxygens (including phenoxy) is 3. The van der Waals surface area contributed by atoms with Gasteiger partial charge >= 0.3 is 12.1 Å². The van der Waals surface area contributed by atoms with Crippen LogP contribution in [0.15, 0.2) is 97.1 Å². The number of amides is 1. The number of carboxylic acids is 1. The summed E-state index contributed by atoms with van der Waals surface area (Å²) in [6.45, 7) is 5.46. The number of aromatic nitrogens is 8. The van der Waals surface area contributed by atoms with E-state index in [2.05, 4.69) is 30.5 Å². The van der Waals surface area contributed by atoms with Gasteiger partial charge in [0.15, 0.2) is 23.1 Å². The number of nitrogens with one attached hydrogen (secondary N) is 3. The Labute approximate surface area is 327 Å². The summed E-state index contributed by atoms with van der Waals surface area (Å²) < 4.78 is 20.1. The molecule has 4 aromatic heterocycles. The third kappa shape index (κ3) is 7.89. The molecule has 15 nitrogen and oxygen atoms in total. The molecule has 0 fully saturated rings. The lowest BCUT2D eigenvalue weighted by Gasteiger charge is -2.19. The number of hydrogen-bond acceptors (Lipinski definition) is 9. The number of benzene rings is 4. The Kier molecular flexibility index (Phi) is 10.2. The molecule has 0 aliphatic rings. The Bertz CT molecular complexity index is 2720. The molecule has 0 unspecified atom stereocenters. The van der Waals surface area contributed by atoms with E-state index in [4.69, 9.17) is 24.3 Å². The second-order valence-corrected chi connectivity index (χ2v) is 14.0. The van der Waals surface area contributed by atoms with Crippen molar-refractivity contribution in [1.29, 1.82) is 0 Å². The fourth-order valence-corrected chi connectivity index (χ4v) is 6.36. The van der Waals surface area contributed by atoms with E-state index in [1.807, 2.05) is 108 Å². The van der Waals surface area contributed by atoms with E-state index in [1.54, 1.807) is 41.8 Å².